The predicted molar refractivity (Wildman–Crippen MR) is 73.7 cm³/mol. The van der Waals surface area contributed by atoms with E-state index in [1.807, 2.05) is 0 Å². The normalized spacial score (nSPS) is 24.8. The lowest BCUT2D eigenvalue weighted by molar-refractivity contribution is 0.308. The predicted octanol–water partition coefficient (Wildman–Crippen LogP) is 4.04. The molecule has 2 unspecified atom stereocenters. The first kappa shape index (κ1) is 12.8. The van der Waals surface area contributed by atoms with Crippen molar-refractivity contribution < 1.29 is 0 Å². The van der Waals surface area contributed by atoms with Crippen LogP contribution in [0.25, 0.3) is 0 Å². The molecule has 1 aromatic rings. The van der Waals surface area contributed by atoms with Gasteiger partial charge in [0.25, 0.3) is 0 Å². The van der Waals surface area contributed by atoms with Crippen LogP contribution < -0.4 is 5.32 Å². The Kier molecular flexibility index (Phi) is 4.77. The van der Waals surface area contributed by atoms with Crippen molar-refractivity contribution in [3.63, 3.8) is 0 Å². The van der Waals surface area contributed by atoms with Gasteiger partial charge in [-0.2, -0.15) is 4.37 Å². The van der Waals surface area contributed by atoms with Gasteiger partial charge in [-0.1, -0.05) is 33.1 Å². The summed E-state index contributed by atoms with van der Waals surface area (Å²) >= 11 is 1.52. The lowest BCUT2D eigenvalue weighted by Gasteiger charge is -2.26. The van der Waals surface area contributed by atoms with Crippen molar-refractivity contribution in [3.05, 3.63) is 5.82 Å². The van der Waals surface area contributed by atoms with Crippen LogP contribution in [0.4, 0.5) is 5.13 Å². The number of nitrogens with one attached hydrogen (secondary N) is 1. The van der Waals surface area contributed by atoms with Crippen molar-refractivity contribution in [2.24, 2.45) is 5.92 Å². The number of hydrogen-bond acceptors (Lipinski definition) is 4. The molecule has 1 aliphatic rings. The van der Waals surface area contributed by atoms with Crippen LogP contribution in [0.2, 0.25) is 0 Å². The molecular formula is C13H23N3S. The Morgan fingerprint density at radius 3 is 3.00 bits per heavy atom. The molecule has 3 nitrogen and oxygen atoms in total. The Hall–Kier alpha value is -0.640. The minimum Gasteiger partial charge on any atom is -0.360 e. The van der Waals surface area contributed by atoms with Crippen molar-refractivity contribution in [1.82, 2.24) is 9.36 Å². The van der Waals surface area contributed by atoms with Gasteiger partial charge in [0.05, 0.1) is 0 Å². The summed E-state index contributed by atoms with van der Waals surface area (Å²) < 4.78 is 4.53. The average Bonchev–Trinajstić information content (AvgIpc) is 2.85. The van der Waals surface area contributed by atoms with Crippen molar-refractivity contribution in [2.45, 2.75) is 58.3 Å². The highest BCUT2D eigenvalue weighted by molar-refractivity contribution is 7.09. The Balaban J connectivity index is 1.94. The molecule has 1 fully saturated rings. The third-order valence-electron chi connectivity index (χ3n) is 3.69. The van der Waals surface area contributed by atoms with Crippen LogP contribution in [0, 0.1) is 5.92 Å². The Morgan fingerprint density at radius 1 is 1.35 bits per heavy atom. The van der Waals surface area contributed by atoms with E-state index in [4.69, 9.17) is 0 Å². The van der Waals surface area contributed by atoms with E-state index in [-0.39, 0.29) is 0 Å². The largest absolute Gasteiger partial charge is 0.360 e. The van der Waals surface area contributed by atoms with Crippen molar-refractivity contribution in [3.8, 4) is 0 Å². The van der Waals surface area contributed by atoms with Gasteiger partial charge in [-0.25, -0.2) is 4.98 Å². The van der Waals surface area contributed by atoms with Gasteiger partial charge in [-0.3, -0.25) is 0 Å². The van der Waals surface area contributed by atoms with E-state index in [9.17, 15) is 0 Å². The highest BCUT2D eigenvalue weighted by atomic mass is 32.1. The summed E-state index contributed by atoms with van der Waals surface area (Å²) in [5.74, 6) is 2.60. The van der Waals surface area contributed by atoms with E-state index >= 15 is 0 Å². The summed E-state index contributed by atoms with van der Waals surface area (Å²) in [5.41, 5.74) is 0. The van der Waals surface area contributed by atoms with Gasteiger partial charge in [-0.05, 0) is 25.2 Å². The standard InChI is InChI=1S/C13H23N3S/c1-3-8-14-13-15-12(16-17-13)11-7-5-6-10(4-2)9-11/h10-11H,3-9H2,1-2H3,(H,14,15,16). The minimum absolute atomic E-state index is 0.613. The Labute approximate surface area is 108 Å². The first-order valence-corrected chi connectivity index (χ1v) is 7.68. The summed E-state index contributed by atoms with van der Waals surface area (Å²) in [4.78, 5) is 4.64. The van der Waals surface area contributed by atoms with Crippen molar-refractivity contribution in [2.75, 3.05) is 11.9 Å². The fourth-order valence-corrected chi connectivity index (χ4v) is 3.27. The molecule has 17 heavy (non-hydrogen) atoms. The van der Waals surface area contributed by atoms with Crippen LogP contribution >= 0.6 is 11.5 Å². The first-order chi connectivity index (χ1) is 8.33. The average molecular weight is 253 g/mol. The zero-order valence-electron chi connectivity index (χ0n) is 10.9. The molecule has 0 saturated heterocycles. The molecule has 0 aromatic carbocycles. The molecule has 1 aliphatic carbocycles. The highest BCUT2D eigenvalue weighted by Gasteiger charge is 2.25. The van der Waals surface area contributed by atoms with E-state index in [2.05, 4.69) is 28.5 Å². The topological polar surface area (TPSA) is 37.8 Å². The number of hydrogen-bond donors (Lipinski definition) is 1. The molecule has 96 valence electrons. The Bertz CT molecular complexity index is 337. The van der Waals surface area contributed by atoms with Crippen LogP contribution in [0.3, 0.4) is 0 Å². The molecule has 1 heterocycles. The number of rotatable bonds is 5. The summed E-state index contributed by atoms with van der Waals surface area (Å²) in [6.45, 7) is 5.47. The van der Waals surface area contributed by atoms with Crippen LogP contribution in [-0.2, 0) is 0 Å². The maximum Gasteiger partial charge on any atom is 0.202 e. The molecule has 0 amide bonds. The molecule has 1 aromatic heterocycles. The monoisotopic (exact) mass is 253 g/mol. The fraction of sp³-hybridized carbons (Fsp3) is 0.846. The summed E-state index contributed by atoms with van der Waals surface area (Å²) in [7, 11) is 0. The van der Waals surface area contributed by atoms with Gasteiger partial charge < -0.3 is 5.32 Å². The lowest BCUT2D eigenvalue weighted by Crippen LogP contribution is -2.14. The molecule has 4 heteroatoms. The maximum absolute atomic E-state index is 4.64. The quantitative estimate of drug-likeness (QED) is 0.860. The van der Waals surface area contributed by atoms with Crippen LogP contribution in [-0.4, -0.2) is 15.9 Å². The summed E-state index contributed by atoms with van der Waals surface area (Å²) in [5, 5.41) is 4.32. The SMILES string of the molecule is CCCNc1nc(C2CCCC(CC)C2)ns1. The van der Waals surface area contributed by atoms with Gasteiger partial charge in [0.2, 0.25) is 5.13 Å². The van der Waals surface area contributed by atoms with Gasteiger partial charge in [0.15, 0.2) is 0 Å². The summed E-state index contributed by atoms with van der Waals surface area (Å²) in [6, 6.07) is 0. The molecule has 2 atom stereocenters. The van der Waals surface area contributed by atoms with Crippen molar-refractivity contribution >= 4 is 16.7 Å². The second-order valence-corrected chi connectivity index (χ2v) is 5.77. The van der Waals surface area contributed by atoms with Crippen LogP contribution in [0.5, 0.6) is 0 Å². The smallest absolute Gasteiger partial charge is 0.202 e. The Morgan fingerprint density at radius 2 is 2.24 bits per heavy atom. The third kappa shape index (κ3) is 3.41. The van der Waals surface area contributed by atoms with Crippen molar-refractivity contribution in [1.29, 1.82) is 0 Å². The van der Waals surface area contributed by atoms with E-state index in [1.165, 1.54) is 43.6 Å². The molecule has 0 bridgehead atoms. The maximum atomic E-state index is 4.64. The molecule has 1 N–H and O–H groups in total. The number of nitrogens with zero attached hydrogens (tertiary/aromatic N) is 2. The minimum atomic E-state index is 0.613. The second-order valence-electron chi connectivity index (χ2n) is 5.02. The van der Waals surface area contributed by atoms with Crippen LogP contribution in [0.1, 0.15) is 64.1 Å². The lowest BCUT2D eigenvalue weighted by atomic mass is 9.80. The summed E-state index contributed by atoms with van der Waals surface area (Å²) in [6.07, 6.45) is 7.76. The number of anilines is 1. The first-order valence-electron chi connectivity index (χ1n) is 6.91. The van der Waals surface area contributed by atoms with Gasteiger partial charge >= 0.3 is 0 Å². The van der Waals surface area contributed by atoms with Gasteiger partial charge in [0, 0.05) is 24.0 Å². The zero-order chi connectivity index (χ0) is 12.1. The molecule has 0 radical (unpaired) electrons. The van der Waals surface area contributed by atoms with E-state index in [1.54, 1.807) is 0 Å². The van der Waals surface area contributed by atoms with E-state index in [0.717, 1.165) is 29.8 Å². The molecule has 1 saturated carbocycles. The van der Waals surface area contributed by atoms with Gasteiger partial charge in [0.1, 0.15) is 5.82 Å². The number of aromatic nitrogens is 2. The molecular weight excluding hydrogens is 230 g/mol. The molecule has 0 aliphatic heterocycles. The highest BCUT2D eigenvalue weighted by Crippen LogP contribution is 2.37. The van der Waals surface area contributed by atoms with E-state index < -0.39 is 0 Å². The molecule has 0 spiro atoms. The second kappa shape index (κ2) is 6.34. The zero-order valence-corrected chi connectivity index (χ0v) is 11.7. The van der Waals surface area contributed by atoms with Gasteiger partial charge in [-0.15, -0.1) is 0 Å². The third-order valence-corrected chi connectivity index (χ3v) is 4.38. The fourth-order valence-electron chi connectivity index (χ4n) is 2.60. The molecule has 2 rings (SSSR count). The van der Waals surface area contributed by atoms with E-state index in [0.29, 0.717) is 5.92 Å². The van der Waals surface area contributed by atoms with Crippen LogP contribution in [0.15, 0.2) is 0 Å².